The van der Waals surface area contributed by atoms with Crippen LogP contribution in [0.25, 0.3) is 0 Å². The number of rotatable bonds is 5. The van der Waals surface area contributed by atoms with Gasteiger partial charge in [0.2, 0.25) is 5.91 Å². The molecule has 0 aliphatic carbocycles. The van der Waals surface area contributed by atoms with Gasteiger partial charge >= 0.3 is 0 Å². The second kappa shape index (κ2) is 6.91. The van der Waals surface area contributed by atoms with Gasteiger partial charge in [0.25, 0.3) is 0 Å². The van der Waals surface area contributed by atoms with Gasteiger partial charge in [-0.15, -0.1) is 11.8 Å². The first-order valence-electron chi connectivity index (χ1n) is 5.54. The molecule has 3 nitrogen and oxygen atoms in total. The maximum atomic E-state index is 11.7. The van der Waals surface area contributed by atoms with Crippen molar-refractivity contribution >= 4 is 39.3 Å². The molecule has 0 radical (unpaired) electrons. The van der Waals surface area contributed by atoms with Crippen LogP contribution in [0.4, 0.5) is 5.69 Å². The van der Waals surface area contributed by atoms with Gasteiger partial charge < -0.3 is 11.1 Å². The molecule has 3 N–H and O–H groups in total. The fraction of sp³-hybridized carbons (Fsp3) is 0.417. The van der Waals surface area contributed by atoms with Crippen LogP contribution in [0.2, 0.25) is 0 Å². The SMILES string of the molecule is CCCNC(=O)C(C)Sc1ccc(Br)cc1N. The van der Waals surface area contributed by atoms with Crippen molar-refractivity contribution in [1.82, 2.24) is 5.32 Å². The number of benzene rings is 1. The molecule has 1 unspecified atom stereocenters. The normalized spacial score (nSPS) is 12.2. The van der Waals surface area contributed by atoms with E-state index in [0.29, 0.717) is 5.69 Å². The van der Waals surface area contributed by atoms with Gasteiger partial charge in [0.15, 0.2) is 0 Å². The fourth-order valence-corrected chi connectivity index (χ4v) is 2.55. The molecule has 94 valence electrons. The van der Waals surface area contributed by atoms with Crippen molar-refractivity contribution < 1.29 is 4.79 Å². The summed E-state index contributed by atoms with van der Waals surface area (Å²) in [6, 6.07) is 5.70. The lowest BCUT2D eigenvalue weighted by molar-refractivity contribution is -0.120. The van der Waals surface area contributed by atoms with Crippen LogP contribution in [-0.2, 0) is 4.79 Å². The summed E-state index contributed by atoms with van der Waals surface area (Å²) in [6.07, 6.45) is 0.948. The van der Waals surface area contributed by atoms with Crippen LogP contribution < -0.4 is 11.1 Å². The van der Waals surface area contributed by atoms with E-state index in [1.165, 1.54) is 11.8 Å². The van der Waals surface area contributed by atoms with Gasteiger partial charge in [-0.2, -0.15) is 0 Å². The molecular weight excluding hydrogens is 300 g/mol. The van der Waals surface area contributed by atoms with E-state index in [0.717, 1.165) is 22.3 Å². The zero-order valence-corrected chi connectivity index (χ0v) is 12.4. The first-order chi connectivity index (χ1) is 8.04. The predicted molar refractivity (Wildman–Crippen MR) is 77.2 cm³/mol. The van der Waals surface area contributed by atoms with Crippen LogP contribution in [0.15, 0.2) is 27.6 Å². The molecule has 0 aromatic heterocycles. The smallest absolute Gasteiger partial charge is 0.233 e. The molecule has 0 fully saturated rings. The van der Waals surface area contributed by atoms with E-state index in [1.54, 1.807) is 0 Å². The maximum Gasteiger partial charge on any atom is 0.233 e. The van der Waals surface area contributed by atoms with E-state index in [-0.39, 0.29) is 11.2 Å². The molecule has 0 bridgehead atoms. The monoisotopic (exact) mass is 316 g/mol. The summed E-state index contributed by atoms with van der Waals surface area (Å²) in [4.78, 5) is 12.6. The molecular formula is C12H17BrN2OS. The lowest BCUT2D eigenvalue weighted by Gasteiger charge is -2.13. The molecule has 5 heteroatoms. The number of anilines is 1. The third-order valence-corrected chi connectivity index (χ3v) is 3.88. The molecule has 1 aromatic carbocycles. The van der Waals surface area contributed by atoms with Crippen molar-refractivity contribution in [2.75, 3.05) is 12.3 Å². The minimum Gasteiger partial charge on any atom is -0.398 e. The third-order valence-electron chi connectivity index (χ3n) is 2.19. The zero-order valence-electron chi connectivity index (χ0n) is 10.00. The summed E-state index contributed by atoms with van der Waals surface area (Å²) in [6.45, 7) is 4.64. The minimum absolute atomic E-state index is 0.0548. The quantitative estimate of drug-likeness (QED) is 0.648. The summed E-state index contributed by atoms with van der Waals surface area (Å²) in [5.74, 6) is 0.0548. The Kier molecular flexibility index (Phi) is 5.85. The molecule has 0 heterocycles. The summed E-state index contributed by atoms with van der Waals surface area (Å²) in [5.41, 5.74) is 6.58. The van der Waals surface area contributed by atoms with E-state index in [1.807, 2.05) is 32.0 Å². The summed E-state index contributed by atoms with van der Waals surface area (Å²) in [5, 5.41) is 2.74. The van der Waals surface area contributed by atoms with Crippen LogP contribution >= 0.6 is 27.7 Å². The van der Waals surface area contributed by atoms with Gasteiger partial charge in [-0.3, -0.25) is 4.79 Å². The van der Waals surface area contributed by atoms with Crippen LogP contribution in [-0.4, -0.2) is 17.7 Å². The van der Waals surface area contributed by atoms with E-state index in [9.17, 15) is 4.79 Å². The largest absolute Gasteiger partial charge is 0.398 e. The highest BCUT2D eigenvalue weighted by Crippen LogP contribution is 2.30. The van der Waals surface area contributed by atoms with Gasteiger partial charge in [-0.05, 0) is 31.5 Å². The van der Waals surface area contributed by atoms with Crippen LogP contribution in [0.5, 0.6) is 0 Å². The molecule has 1 aromatic rings. The minimum atomic E-state index is -0.134. The molecule has 1 amide bonds. The Morgan fingerprint density at radius 2 is 2.29 bits per heavy atom. The number of nitrogen functional groups attached to an aromatic ring is 1. The average Bonchev–Trinajstić information content (AvgIpc) is 2.29. The molecule has 0 saturated heterocycles. The Bertz CT molecular complexity index is 398. The van der Waals surface area contributed by atoms with Crippen molar-refractivity contribution in [3.63, 3.8) is 0 Å². The topological polar surface area (TPSA) is 55.1 Å². The number of nitrogens with two attached hydrogens (primary N) is 1. The Labute approximate surface area is 115 Å². The van der Waals surface area contributed by atoms with E-state index in [4.69, 9.17) is 5.73 Å². The highest BCUT2D eigenvalue weighted by molar-refractivity contribution is 9.10. The van der Waals surface area contributed by atoms with Crippen LogP contribution in [0.3, 0.4) is 0 Å². The number of carbonyl (C=O) groups is 1. The van der Waals surface area contributed by atoms with E-state index < -0.39 is 0 Å². The van der Waals surface area contributed by atoms with Crippen molar-refractivity contribution in [1.29, 1.82) is 0 Å². The van der Waals surface area contributed by atoms with Crippen LogP contribution in [0.1, 0.15) is 20.3 Å². The number of halogens is 1. The van der Waals surface area contributed by atoms with E-state index >= 15 is 0 Å². The van der Waals surface area contributed by atoms with Crippen molar-refractivity contribution in [2.24, 2.45) is 0 Å². The van der Waals surface area contributed by atoms with Gasteiger partial charge in [0.05, 0.1) is 5.25 Å². The van der Waals surface area contributed by atoms with Gasteiger partial charge in [0.1, 0.15) is 0 Å². The highest BCUT2D eigenvalue weighted by Gasteiger charge is 2.14. The van der Waals surface area contributed by atoms with Crippen molar-refractivity contribution in [3.8, 4) is 0 Å². The Morgan fingerprint density at radius 1 is 1.59 bits per heavy atom. The standard InChI is InChI=1S/C12H17BrN2OS/c1-3-6-15-12(16)8(2)17-11-5-4-9(13)7-10(11)14/h4-5,7-8H,3,6,14H2,1-2H3,(H,15,16). The Hall–Kier alpha value is -0.680. The molecule has 0 saturated carbocycles. The van der Waals surface area contributed by atoms with E-state index in [2.05, 4.69) is 21.2 Å². The molecule has 1 atom stereocenters. The first-order valence-corrected chi connectivity index (χ1v) is 7.21. The van der Waals surface area contributed by atoms with Gasteiger partial charge in [-0.25, -0.2) is 0 Å². The second-order valence-corrected chi connectivity index (χ2v) is 6.03. The third kappa shape index (κ3) is 4.60. The number of thioether (sulfide) groups is 1. The number of amides is 1. The zero-order chi connectivity index (χ0) is 12.8. The van der Waals surface area contributed by atoms with Gasteiger partial charge in [0, 0.05) is 21.6 Å². The second-order valence-electron chi connectivity index (χ2n) is 3.73. The maximum absolute atomic E-state index is 11.7. The van der Waals surface area contributed by atoms with Crippen molar-refractivity contribution in [2.45, 2.75) is 30.4 Å². The number of hydrogen-bond acceptors (Lipinski definition) is 3. The molecule has 0 aliphatic rings. The highest BCUT2D eigenvalue weighted by atomic mass is 79.9. The summed E-state index contributed by atoms with van der Waals surface area (Å²) < 4.78 is 0.947. The summed E-state index contributed by atoms with van der Waals surface area (Å²) >= 11 is 4.84. The number of hydrogen-bond donors (Lipinski definition) is 2. The first kappa shape index (κ1) is 14.4. The lowest BCUT2D eigenvalue weighted by Crippen LogP contribution is -2.31. The Balaban J connectivity index is 2.61. The molecule has 17 heavy (non-hydrogen) atoms. The molecule has 0 spiro atoms. The average molecular weight is 317 g/mol. The predicted octanol–water partition coefficient (Wildman–Crippen LogP) is 3.04. The number of carbonyl (C=O) groups excluding carboxylic acids is 1. The summed E-state index contributed by atoms with van der Waals surface area (Å²) in [7, 11) is 0. The fourth-order valence-electron chi connectivity index (χ4n) is 1.26. The van der Waals surface area contributed by atoms with Crippen LogP contribution in [0, 0.1) is 0 Å². The Morgan fingerprint density at radius 3 is 2.88 bits per heavy atom. The lowest BCUT2D eigenvalue weighted by atomic mass is 10.3. The molecule has 0 aliphatic heterocycles. The van der Waals surface area contributed by atoms with Crippen molar-refractivity contribution in [3.05, 3.63) is 22.7 Å². The molecule has 1 rings (SSSR count). The van der Waals surface area contributed by atoms with Gasteiger partial charge in [-0.1, -0.05) is 22.9 Å². The number of nitrogens with one attached hydrogen (secondary N) is 1.